The summed E-state index contributed by atoms with van der Waals surface area (Å²) in [6.45, 7) is 8.12. The highest BCUT2D eigenvalue weighted by Gasteiger charge is 2.33. The van der Waals surface area contributed by atoms with E-state index in [4.69, 9.17) is 10.5 Å². The Hall–Kier alpha value is -1.79. The van der Waals surface area contributed by atoms with Gasteiger partial charge in [-0.05, 0) is 37.8 Å². The molecule has 1 aromatic carbocycles. The van der Waals surface area contributed by atoms with Gasteiger partial charge in [-0.15, -0.1) is 12.4 Å². The number of hydrogen-bond acceptors (Lipinski definition) is 4. The normalized spacial score (nSPS) is 16.8. The summed E-state index contributed by atoms with van der Waals surface area (Å²) in [4.78, 5) is 26.8. The van der Waals surface area contributed by atoms with Crippen molar-refractivity contribution in [3.8, 4) is 5.75 Å². The quantitative estimate of drug-likeness (QED) is 0.688. The van der Waals surface area contributed by atoms with E-state index in [0.717, 1.165) is 5.75 Å². The third kappa shape index (κ3) is 6.67. The van der Waals surface area contributed by atoms with E-state index in [9.17, 15) is 9.59 Å². The summed E-state index contributed by atoms with van der Waals surface area (Å²) in [7, 11) is 0. The first-order valence-corrected chi connectivity index (χ1v) is 9.83. The minimum absolute atomic E-state index is 0. The zero-order valence-corrected chi connectivity index (χ0v) is 18.0. The van der Waals surface area contributed by atoms with E-state index < -0.39 is 5.54 Å². The fraction of sp³-hybridized carbons (Fsp3) is 0.619. The van der Waals surface area contributed by atoms with Crippen molar-refractivity contribution < 1.29 is 14.3 Å². The van der Waals surface area contributed by atoms with Crippen LogP contribution in [0.5, 0.6) is 5.75 Å². The van der Waals surface area contributed by atoms with Crippen molar-refractivity contribution in [2.24, 2.45) is 17.6 Å². The highest BCUT2D eigenvalue weighted by Crippen LogP contribution is 2.21. The first-order chi connectivity index (χ1) is 12.9. The number of nitrogens with zero attached hydrogens (tertiary/aromatic N) is 1. The Morgan fingerprint density at radius 2 is 1.86 bits per heavy atom. The molecule has 1 unspecified atom stereocenters. The number of ether oxygens (including phenoxy) is 1. The largest absolute Gasteiger partial charge is 0.493 e. The Balaban J connectivity index is 0.00000392. The number of carbonyl (C=O) groups excluding carboxylic acids is 2. The van der Waals surface area contributed by atoms with Gasteiger partial charge in [0.15, 0.2) is 0 Å². The lowest BCUT2D eigenvalue weighted by Crippen LogP contribution is -2.57. The summed E-state index contributed by atoms with van der Waals surface area (Å²) in [5, 5.41) is 3.12. The minimum atomic E-state index is -0.390. The van der Waals surface area contributed by atoms with Crippen molar-refractivity contribution in [3.63, 3.8) is 0 Å². The van der Waals surface area contributed by atoms with Gasteiger partial charge in [0.05, 0.1) is 18.6 Å². The Kier molecular flexibility index (Phi) is 9.76. The van der Waals surface area contributed by atoms with E-state index in [1.807, 2.05) is 42.2 Å². The molecule has 2 rings (SSSR count). The standard InChI is InChI=1S/C21H33N3O3.ClH/c1-16(2)21(3,15-22)23-20(26)17-9-12-24(13-10-17)19(25)11-14-27-18-7-5-4-6-8-18;/h4-8,16-17H,9-15,22H2,1-3H3,(H,23,26);1H. The van der Waals surface area contributed by atoms with Crippen molar-refractivity contribution in [1.82, 2.24) is 10.2 Å². The Bertz CT molecular complexity index is 619. The van der Waals surface area contributed by atoms with Gasteiger partial charge in [0, 0.05) is 25.6 Å². The smallest absolute Gasteiger partial charge is 0.225 e. The van der Waals surface area contributed by atoms with Gasteiger partial charge in [-0.25, -0.2) is 0 Å². The van der Waals surface area contributed by atoms with Gasteiger partial charge in [-0.1, -0.05) is 32.0 Å². The number of rotatable bonds is 8. The number of nitrogens with two attached hydrogens (primary N) is 1. The molecule has 1 atom stereocenters. The van der Waals surface area contributed by atoms with Crippen LogP contribution in [0.2, 0.25) is 0 Å². The summed E-state index contributed by atoms with van der Waals surface area (Å²) >= 11 is 0. The van der Waals surface area contributed by atoms with Gasteiger partial charge in [-0.3, -0.25) is 9.59 Å². The van der Waals surface area contributed by atoms with Crippen LogP contribution in [0, 0.1) is 11.8 Å². The molecule has 0 bridgehead atoms. The van der Waals surface area contributed by atoms with Crippen molar-refractivity contribution in [2.75, 3.05) is 26.2 Å². The number of para-hydroxylation sites is 1. The first-order valence-electron chi connectivity index (χ1n) is 9.83. The number of likely N-dealkylation sites (tertiary alicyclic amines) is 1. The Labute approximate surface area is 174 Å². The fourth-order valence-corrected chi connectivity index (χ4v) is 3.14. The second-order valence-electron chi connectivity index (χ2n) is 7.83. The van der Waals surface area contributed by atoms with Crippen LogP contribution in [-0.4, -0.2) is 48.5 Å². The molecule has 0 aliphatic carbocycles. The van der Waals surface area contributed by atoms with Gasteiger partial charge in [0.1, 0.15) is 5.75 Å². The molecule has 1 saturated heterocycles. The number of nitrogens with one attached hydrogen (secondary N) is 1. The van der Waals surface area contributed by atoms with Crippen molar-refractivity contribution in [1.29, 1.82) is 0 Å². The maximum Gasteiger partial charge on any atom is 0.225 e. The molecule has 0 saturated carbocycles. The molecule has 6 nitrogen and oxygen atoms in total. The third-order valence-corrected chi connectivity index (χ3v) is 5.65. The molecule has 1 aromatic rings. The number of benzene rings is 1. The van der Waals surface area contributed by atoms with Crippen LogP contribution in [0.1, 0.15) is 40.0 Å². The van der Waals surface area contributed by atoms with Crippen LogP contribution in [-0.2, 0) is 9.59 Å². The molecule has 0 aromatic heterocycles. The van der Waals surface area contributed by atoms with Crippen LogP contribution in [0.15, 0.2) is 30.3 Å². The maximum absolute atomic E-state index is 12.6. The van der Waals surface area contributed by atoms with E-state index >= 15 is 0 Å². The molecule has 0 spiro atoms. The Morgan fingerprint density at radius 1 is 1.25 bits per heavy atom. The molecule has 3 N–H and O–H groups in total. The van der Waals surface area contributed by atoms with E-state index in [0.29, 0.717) is 45.5 Å². The van der Waals surface area contributed by atoms with Gasteiger partial charge in [0.2, 0.25) is 11.8 Å². The lowest BCUT2D eigenvalue weighted by molar-refractivity contribution is -0.136. The second-order valence-corrected chi connectivity index (χ2v) is 7.83. The molecule has 28 heavy (non-hydrogen) atoms. The lowest BCUT2D eigenvalue weighted by atomic mass is 9.86. The van der Waals surface area contributed by atoms with E-state index in [1.54, 1.807) is 0 Å². The van der Waals surface area contributed by atoms with Gasteiger partial charge < -0.3 is 20.7 Å². The summed E-state index contributed by atoms with van der Waals surface area (Å²) in [6, 6.07) is 9.49. The minimum Gasteiger partial charge on any atom is -0.493 e. The second kappa shape index (κ2) is 11.3. The van der Waals surface area contributed by atoms with Crippen molar-refractivity contribution in [2.45, 2.75) is 45.6 Å². The molecule has 1 heterocycles. The molecule has 0 radical (unpaired) electrons. The van der Waals surface area contributed by atoms with Crippen LogP contribution < -0.4 is 15.8 Å². The fourth-order valence-electron chi connectivity index (χ4n) is 3.14. The highest BCUT2D eigenvalue weighted by molar-refractivity contribution is 5.85. The molecule has 1 aliphatic heterocycles. The molecule has 158 valence electrons. The number of carbonyl (C=O) groups is 2. The number of hydrogen-bond donors (Lipinski definition) is 2. The van der Waals surface area contributed by atoms with Gasteiger partial charge in [-0.2, -0.15) is 0 Å². The van der Waals surface area contributed by atoms with E-state index in [-0.39, 0.29) is 36.1 Å². The van der Waals surface area contributed by atoms with Crippen LogP contribution >= 0.6 is 12.4 Å². The SMILES string of the molecule is CC(C)C(C)(CN)NC(=O)C1CCN(C(=O)CCOc2ccccc2)CC1.Cl. The maximum atomic E-state index is 12.6. The molecule has 7 heteroatoms. The number of halogens is 1. The van der Waals surface area contributed by atoms with Crippen molar-refractivity contribution >= 4 is 24.2 Å². The molecule has 2 amide bonds. The molecule has 1 fully saturated rings. The molecular formula is C21H34ClN3O3. The summed E-state index contributed by atoms with van der Waals surface area (Å²) in [6.07, 6.45) is 1.73. The monoisotopic (exact) mass is 411 g/mol. The average molecular weight is 412 g/mol. The van der Waals surface area contributed by atoms with Gasteiger partial charge >= 0.3 is 0 Å². The van der Waals surface area contributed by atoms with Gasteiger partial charge in [0.25, 0.3) is 0 Å². The van der Waals surface area contributed by atoms with Crippen LogP contribution in [0.3, 0.4) is 0 Å². The predicted molar refractivity (Wildman–Crippen MR) is 114 cm³/mol. The zero-order valence-electron chi connectivity index (χ0n) is 17.1. The summed E-state index contributed by atoms with van der Waals surface area (Å²) in [5.74, 6) is 1.11. The Morgan fingerprint density at radius 3 is 2.39 bits per heavy atom. The van der Waals surface area contributed by atoms with Crippen molar-refractivity contribution in [3.05, 3.63) is 30.3 Å². The van der Waals surface area contributed by atoms with E-state index in [1.165, 1.54) is 0 Å². The average Bonchev–Trinajstić information content (AvgIpc) is 2.68. The zero-order chi connectivity index (χ0) is 19.9. The predicted octanol–water partition coefficient (Wildman–Crippen LogP) is 2.61. The van der Waals surface area contributed by atoms with E-state index in [2.05, 4.69) is 19.2 Å². The van der Waals surface area contributed by atoms with Crippen LogP contribution in [0.4, 0.5) is 0 Å². The first kappa shape index (κ1) is 24.2. The highest BCUT2D eigenvalue weighted by atomic mass is 35.5. The lowest BCUT2D eigenvalue weighted by Gasteiger charge is -2.37. The molecule has 1 aliphatic rings. The van der Waals surface area contributed by atoms with Crippen LogP contribution in [0.25, 0.3) is 0 Å². The topological polar surface area (TPSA) is 84.7 Å². The molecular weight excluding hydrogens is 378 g/mol. The summed E-state index contributed by atoms with van der Waals surface area (Å²) < 4.78 is 5.59. The number of piperidine rings is 1. The summed E-state index contributed by atoms with van der Waals surface area (Å²) in [5.41, 5.74) is 5.47. The third-order valence-electron chi connectivity index (χ3n) is 5.65. The number of amides is 2.